The van der Waals surface area contributed by atoms with Crippen LogP contribution in [0.2, 0.25) is 0 Å². The summed E-state index contributed by atoms with van der Waals surface area (Å²) in [5.74, 6) is -1.59. The Kier molecular flexibility index (Phi) is 5.19. The van der Waals surface area contributed by atoms with Crippen LogP contribution in [0.15, 0.2) is 30.3 Å². The van der Waals surface area contributed by atoms with Crippen LogP contribution in [0.3, 0.4) is 0 Å². The number of aromatic nitrogens is 1. The lowest BCUT2D eigenvalue weighted by atomic mass is 9.99. The number of rotatable bonds is 2. The first-order valence-electron chi connectivity index (χ1n) is 9.72. The highest BCUT2D eigenvalue weighted by Crippen LogP contribution is 2.35. The van der Waals surface area contributed by atoms with Crippen molar-refractivity contribution in [3.8, 4) is 0 Å². The van der Waals surface area contributed by atoms with E-state index in [0.29, 0.717) is 11.2 Å². The summed E-state index contributed by atoms with van der Waals surface area (Å²) in [4.78, 5) is 38.0. The van der Waals surface area contributed by atoms with Crippen LogP contribution in [-0.4, -0.2) is 39.8 Å². The Balaban J connectivity index is 1.97. The molecule has 0 saturated carbocycles. The minimum absolute atomic E-state index is 0.167. The summed E-state index contributed by atoms with van der Waals surface area (Å²) in [6.45, 7) is 10.9. The molecule has 2 heterocycles. The number of benzene rings is 1. The largest absolute Gasteiger partial charge is 0.452 e. The van der Waals surface area contributed by atoms with E-state index in [1.807, 2.05) is 39.0 Å². The molecule has 0 aliphatic carbocycles. The third kappa shape index (κ3) is 4.60. The molecule has 1 N–H and O–H groups in total. The molecule has 1 fully saturated rings. The Morgan fingerprint density at radius 2 is 1.79 bits per heavy atom. The molecular weight excluding hydrogens is 372 g/mol. The van der Waals surface area contributed by atoms with Gasteiger partial charge in [0, 0.05) is 23.0 Å². The van der Waals surface area contributed by atoms with Gasteiger partial charge in [0.05, 0.1) is 5.52 Å². The van der Waals surface area contributed by atoms with Gasteiger partial charge in [0.15, 0.2) is 6.10 Å². The molecule has 1 amide bonds. The van der Waals surface area contributed by atoms with E-state index >= 15 is 0 Å². The number of cyclic esters (lactones) is 1. The predicted octanol–water partition coefficient (Wildman–Crippen LogP) is 3.74. The Morgan fingerprint density at radius 1 is 1.14 bits per heavy atom. The van der Waals surface area contributed by atoms with Crippen molar-refractivity contribution in [3.63, 3.8) is 0 Å². The molecule has 1 aliphatic heterocycles. The fourth-order valence-electron chi connectivity index (χ4n) is 3.38. The van der Waals surface area contributed by atoms with E-state index in [-0.39, 0.29) is 12.3 Å². The van der Waals surface area contributed by atoms with Crippen LogP contribution in [-0.2, 0) is 19.1 Å². The molecule has 1 aromatic carbocycles. The zero-order valence-electron chi connectivity index (χ0n) is 17.7. The normalized spacial score (nSPS) is 19.9. The number of para-hydroxylation sites is 1. The van der Waals surface area contributed by atoms with Gasteiger partial charge < -0.3 is 14.8 Å². The Hall–Kier alpha value is -2.83. The number of nitrogens with zero attached hydrogens (tertiary/aromatic N) is 1. The van der Waals surface area contributed by atoms with Gasteiger partial charge in [0.1, 0.15) is 11.5 Å². The van der Waals surface area contributed by atoms with Crippen LogP contribution < -0.4 is 5.32 Å². The molecule has 7 nitrogen and oxygen atoms in total. The van der Waals surface area contributed by atoms with Gasteiger partial charge in [-0.25, -0.2) is 9.36 Å². The van der Waals surface area contributed by atoms with Crippen LogP contribution in [0, 0.1) is 0 Å². The van der Waals surface area contributed by atoms with E-state index < -0.39 is 35.2 Å². The van der Waals surface area contributed by atoms with Crippen molar-refractivity contribution in [2.24, 2.45) is 0 Å². The summed E-state index contributed by atoms with van der Waals surface area (Å²) in [5.41, 5.74) is -0.0125. The van der Waals surface area contributed by atoms with Crippen LogP contribution in [0.4, 0.5) is 4.79 Å². The monoisotopic (exact) mass is 400 g/mol. The Labute approximate surface area is 170 Å². The second-order valence-electron chi connectivity index (χ2n) is 9.40. The molecule has 7 heteroatoms. The van der Waals surface area contributed by atoms with Crippen molar-refractivity contribution in [2.45, 2.75) is 71.1 Å². The number of amides is 1. The zero-order valence-corrected chi connectivity index (χ0v) is 17.7. The molecule has 2 atom stereocenters. The minimum atomic E-state index is -0.892. The highest BCUT2D eigenvalue weighted by molar-refractivity contribution is 5.95. The molecule has 29 heavy (non-hydrogen) atoms. The van der Waals surface area contributed by atoms with Gasteiger partial charge in [0.2, 0.25) is 0 Å². The van der Waals surface area contributed by atoms with E-state index in [9.17, 15) is 14.4 Å². The highest BCUT2D eigenvalue weighted by atomic mass is 16.6. The Bertz CT molecular complexity index is 962. The maximum absolute atomic E-state index is 12.9. The van der Waals surface area contributed by atoms with E-state index in [1.165, 1.54) is 4.57 Å². The van der Waals surface area contributed by atoms with Crippen molar-refractivity contribution in [3.05, 3.63) is 36.0 Å². The van der Waals surface area contributed by atoms with Gasteiger partial charge in [-0.2, -0.15) is 0 Å². The summed E-state index contributed by atoms with van der Waals surface area (Å²) >= 11 is 0. The number of ether oxygens (including phenoxy) is 2. The molecular formula is C22H28N2O5. The third-order valence-electron chi connectivity index (χ3n) is 4.46. The third-order valence-corrected chi connectivity index (χ3v) is 4.46. The number of carbonyl (C=O) groups excluding carboxylic acids is 3. The van der Waals surface area contributed by atoms with Crippen molar-refractivity contribution in [2.75, 3.05) is 0 Å². The second-order valence-corrected chi connectivity index (χ2v) is 9.40. The predicted molar refractivity (Wildman–Crippen MR) is 109 cm³/mol. The fourth-order valence-corrected chi connectivity index (χ4v) is 3.38. The summed E-state index contributed by atoms with van der Waals surface area (Å²) in [6.07, 6.45) is -1.29. The quantitative estimate of drug-likeness (QED) is 0.776. The van der Waals surface area contributed by atoms with E-state index in [2.05, 4.69) is 5.32 Å². The van der Waals surface area contributed by atoms with Gasteiger partial charge in [-0.15, -0.1) is 0 Å². The summed E-state index contributed by atoms with van der Waals surface area (Å²) < 4.78 is 12.3. The number of nitrogens with one attached hydrogen (secondary N) is 1. The van der Waals surface area contributed by atoms with Crippen LogP contribution in [0.25, 0.3) is 10.9 Å². The first-order chi connectivity index (χ1) is 13.4. The number of hydrogen-bond donors (Lipinski definition) is 1. The van der Waals surface area contributed by atoms with Crippen LogP contribution in [0.5, 0.6) is 0 Å². The van der Waals surface area contributed by atoms with Crippen molar-refractivity contribution >= 4 is 28.9 Å². The van der Waals surface area contributed by atoms with Gasteiger partial charge >= 0.3 is 12.1 Å². The molecule has 1 saturated heterocycles. The SMILES string of the molecule is CC(C)(C)NC(=O)[C@@H]1C[C@H](c2cc3ccccc3n2C(=O)OC(C)(C)C)C(=O)O1. The van der Waals surface area contributed by atoms with Crippen LogP contribution in [0.1, 0.15) is 59.6 Å². The molecule has 0 bridgehead atoms. The number of carbonyl (C=O) groups is 3. The van der Waals surface area contributed by atoms with Gasteiger partial charge in [0.25, 0.3) is 5.91 Å². The number of hydrogen-bond acceptors (Lipinski definition) is 5. The van der Waals surface area contributed by atoms with Gasteiger partial charge in [-0.1, -0.05) is 18.2 Å². The smallest absolute Gasteiger partial charge is 0.419 e. The van der Waals surface area contributed by atoms with Crippen molar-refractivity contribution in [1.29, 1.82) is 0 Å². The number of esters is 1. The molecule has 0 radical (unpaired) electrons. The zero-order chi connectivity index (χ0) is 21.6. The highest BCUT2D eigenvalue weighted by Gasteiger charge is 2.42. The first kappa shape index (κ1) is 20.9. The lowest BCUT2D eigenvalue weighted by Gasteiger charge is -2.22. The molecule has 3 rings (SSSR count). The summed E-state index contributed by atoms with van der Waals surface area (Å²) in [7, 11) is 0. The number of fused-ring (bicyclic) bond motifs is 1. The maximum Gasteiger partial charge on any atom is 0.419 e. The van der Waals surface area contributed by atoms with Crippen molar-refractivity contribution < 1.29 is 23.9 Å². The maximum atomic E-state index is 12.9. The molecule has 0 spiro atoms. The first-order valence-corrected chi connectivity index (χ1v) is 9.72. The Morgan fingerprint density at radius 3 is 2.41 bits per heavy atom. The molecule has 1 aromatic heterocycles. The van der Waals surface area contributed by atoms with Gasteiger partial charge in [-0.05, 0) is 53.7 Å². The summed E-state index contributed by atoms with van der Waals surface area (Å²) in [5, 5.41) is 3.64. The van der Waals surface area contributed by atoms with Crippen molar-refractivity contribution in [1.82, 2.24) is 9.88 Å². The van der Waals surface area contributed by atoms with Crippen LogP contribution >= 0.6 is 0 Å². The fraction of sp³-hybridized carbons (Fsp3) is 0.500. The van der Waals surface area contributed by atoms with E-state index in [4.69, 9.17) is 9.47 Å². The molecule has 2 aromatic rings. The average Bonchev–Trinajstić information content (AvgIpc) is 3.11. The average molecular weight is 400 g/mol. The minimum Gasteiger partial charge on any atom is -0.452 e. The second kappa shape index (κ2) is 7.21. The standard InChI is InChI=1S/C22H28N2O5/c1-21(2,3)23-18(25)17-12-14(19(26)28-17)16-11-13-9-7-8-10-15(13)24(16)20(27)29-22(4,5)6/h7-11,14,17H,12H2,1-6H3,(H,23,25)/t14-,17+/m1/s1. The van der Waals surface area contributed by atoms with Gasteiger partial charge in [-0.3, -0.25) is 9.59 Å². The van der Waals surface area contributed by atoms with E-state index in [0.717, 1.165) is 5.39 Å². The lowest BCUT2D eigenvalue weighted by Crippen LogP contribution is -2.45. The lowest BCUT2D eigenvalue weighted by molar-refractivity contribution is -0.149. The molecule has 1 aliphatic rings. The molecule has 156 valence electrons. The summed E-state index contributed by atoms with van der Waals surface area (Å²) in [6, 6.07) is 9.13. The topological polar surface area (TPSA) is 86.6 Å². The molecule has 0 unspecified atom stereocenters. The van der Waals surface area contributed by atoms with E-state index in [1.54, 1.807) is 32.9 Å².